The monoisotopic (exact) mass is 576 g/mol. The van der Waals surface area contributed by atoms with Crippen LogP contribution in [0.3, 0.4) is 0 Å². The number of aromatic amines is 2. The SMILES string of the molecule is O=C(Cl)c1cccc2c3nc4nc(nc5[nH]c(nc6nc(nc([nH]3)c12)-c1ccccc1-6)c1ccccc51)-c1ccccc1-4. The van der Waals surface area contributed by atoms with Crippen molar-refractivity contribution in [2.24, 2.45) is 0 Å². The number of H-pyrrole nitrogens is 2. The number of fused-ring (bicyclic) bond motifs is 20. The van der Waals surface area contributed by atoms with Gasteiger partial charge in [0.1, 0.15) is 22.6 Å². The lowest BCUT2D eigenvalue weighted by Crippen LogP contribution is -1.90. The summed E-state index contributed by atoms with van der Waals surface area (Å²) in [5, 5.41) is 2.45. The van der Waals surface area contributed by atoms with E-state index in [1.807, 2.05) is 78.9 Å². The number of rotatable bonds is 1. The molecule has 0 aliphatic carbocycles. The average Bonchev–Trinajstić information content (AvgIpc) is 3.76. The van der Waals surface area contributed by atoms with Gasteiger partial charge in [0, 0.05) is 49.4 Å². The van der Waals surface area contributed by atoms with E-state index >= 15 is 0 Å². The molecule has 0 fully saturated rings. The third kappa shape index (κ3) is 3.55. The minimum Gasteiger partial charge on any atom is -0.324 e. The van der Waals surface area contributed by atoms with E-state index < -0.39 is 5.24 Å². The first kappa shape index (κ1) is 23.9. The van der Waals surface area contributed by atoms with Crippen molar-refractivity contribution < 1.29 is 4.79 Å². The Morgan fingerprint density at radius 3 is 1.35 bits per heavy atom. The molecule has 5 heterocycles. The fraction of sp³-hybridized carbons (Fsp3) is 0. The Balaban J connectivity index is 1.52. The fourth-order valence-corrected chi connectivity index (χ4v) is 6.01. The number of nitrogens with one attached hydrogen (secondary N) is 2. The van der Waals surface area contributed by atoms with Crippen LogP contribution in [-0.4, -0.2) is 45.1 Å². The molecular weight excluding hydrogens is 560 g/mol. The predicted molar refractivity (Wildman–Crippen MR) is 166 cm³/mol. The van der Waals surface area contributed by atoms with Crippen LogP contribution in [0, 0.1) is 0 Å². The van der Waals surface area contributed by atoms with Crippen molar-refractivity contribution in [1.29, 1.82) is 0 Å². The summed E-state index contributed by atoms with van der Waals surface area (Å²) < 4.78 is 0. The molecule has 0 saturated carbocycles. The Kier molecular flexibility index (Phi) is 4.91. The highest BCUT2D eigenvalue weighted by atomic mass is 35.5. The first-order chi connectivity index (χ1) is 21.1. The number of carbonyl (C=O) groups excluding carboxylic acids is 1. The predicted octanol–water partition coefficient (Wildman–Crippen LogP) is 7.25. The highest BCUT2D eigenvalue weighted by Crippen LogP contribution is 2.37. The van der Waals surface area contributed by atoms with Crippen molar-refractivity contribution in [3.05, 3.63) is 96.6 Å². The van der Waals surface area contributed by atoms with Crippen LogP contribution < -0.4 is 0 Å². The van der Waals surface area contributed by atoms with Gasteiger partial charge in [-0.2, -0.15) is 0 Å². The van der Waals surface area contributed by atoms with E-state index in [0.717, 1.165) is 33.0 Å². The van der Waals surface area contributed by atoms with Gasteiger partial charge in [0.05, 0.1) is 0 Å². The summed E-state index contributed by atoms with van der Waals surface area (Å²) in [6.45, 7) is 0. The molecule has 0 amide bonds. The van der Waals surface area contributed by atoms with Crippen molar-refractivity contribution >= 4 is 61.0 Å². The Morgan fingerprint density at radius 1 is 0.465 bits per heavy atom. The van der Waals surface area contributed by atoms with Gasteiger partial charge in [-0.1, -0.05) is 84.9 Å². The van der Waals surface area contributed by atoms with E-state index in [9.17, 15) is 4.79 Å². The summed E-state index contributed by atoms with van der Waals surface area (Å²) in [7, 11) is 0. The molecular formula is C33H17ClN8O. The van der Waals surface area contributed by atoms with Gasteiger partial charge in [0.15, 0.2) is 23.3 Å². The molecule has 2 aliphatic heterocycles. The zero-order chi connectivity index (χ0) is 28.7. The molecule has 0 unspecified atom stereocenters. The van der Waals surface area contributed by atoms with Crippen LogP contribution in [-0.2, 0) is 0 Å². The molecule has 4 aromatic carbocycles. The molecule has 10 heteroatoms. The molecule has 9 rings (SSSR count). The summed E-state index contributed by atoms with van der Waals surface area (Å²) in [6, 6.07) is 28.9. The van der Waals surface area contributed by atoms with Crippen LogP contribution >= 0.6 is 11.6 Å². The quantitative estimate of drug-likeness (QED) is 0.197. The van der Waals surface area contributed by atoms with Gasteiger partial charge < -0.3 is 9.97 Å². The third-order valence-corrected chi connectivity index (χ3v) is 7.99. The van der Waals surface area contributed by atoms with E-state index in [2.05, 4.69) is 9.97 Å². The summed E-state index contributed by atoms with van der Waals surface area (Å²) in [4.78, 5) is 48.9. The Morgan fingerprint density at radius 2 is 0.860 bits per heavy atom. The van der Waals surface area contributed by atoms with Crippen molar-refractivity contribution in [2.45, 2.75) is 0 Å². The minimum absolute atomic E-state index is 0.315. The highest BCUT2D eigenvalue weighted by Gasteiger charge is 2.22. The van der Waals surface area contributed by atoms with Crippen molar-refractivity contribution in [3.8, 4) is 45.6 Å². The van der Waals surface area contributed by atoms with Crippen LogP contribution in [0.25, 0.3) is 89.7 Å². The number of aromatic nitrogens is 8. The summed E-state index contributed by atoms with van der Waals surface area (Å²) in [6.07, 6.45) is 0. The number of benzene rings is 4. The standard InChI is InChI=1S/C33H17ClN8O/c34-25(43)22-14-7-15-23-24(22)33-41-31-21-13-6-5-12-20(21)29(39-31)37-27-17-9-2-1-8-16(17)26(35-27)36-28-18-10-3-4-11-19(18)30(38-28)40-32(23)42-33/h1-15H,(H2,35,36,37,38,39,40,41,42). The lowest BCUT2D eigenvalue weighted by atomic mass is 10.1. The van der Waals surface area contributed by atoms with Crippen LogP contribution in [0.5, 0.6) is 0 Å². The molecule has 0 saturated heterocycles. The Bertz CT molecular complexity index is 2510. The van der Waals surface area contributed by atoms with Crippen LogP contribution in [0.2, 0.25) is 0 Å². The molecule has 43 heavy (non-hydrogen) atoms. The lowest BCUT2D eigenvalue weighted by molar-refractivity contribution is 0.108. The first-order valence-corrected chi connectivity index (χ1v) is 13.9. The van der Waals surface area contributed by atoms with Gasteiger partial charge in [-0.15, -0.1) is 0 Å². The second kappa shape index (κ2) is 8.85. The van der Waals surface area contributed by atoms with Crippen molar-refractivity contribution in [2.75, 3.05) is 0 Å². The molecule has 8 bridgehead atoms. The smallest absolute Gasteiger partial charge is 0.253 e. The Hall–Kier alpha value is -5.80. The van der Waals surface area contributed by atoms with E-state index in [4.69, 9.17) is 41.5 Å². The maximum absolute atomic E-state index is 12.5. The molecule has 3 aromatic heterocycles. The van der Waals surface area contributed by atoms with Crippen LogP contribution in [0.1, 0.15) is 10.4 Å². The minimum atomic E-state index is -0.596. The number of hydrogen-bond acceptors (Lipinski definition) is 7. The van der Waals surface area contributed by atoms with Crippen molar-refractivity contribution in [1.82, 2.24) is 39.9 Å². The van der Waals surface area contributed by atoms with E-state index in [1.165, 1.54) is 0 Å². The number of carbonyl (C=O) groups is 1. The number of nitrogens with zero attached hydrogens (tertiary/aromatic N) is 6. The van der Waals surface area contributed by atoms with Gasteiger partial charge in [0.2, 0.25) is 0 Å². The maximum atomic E-state index is 12.5. The lowest BCUT2D eigenvalue weighted by Gasteiger charge is -1.98. The maximum Gasteiger partial charge on any atom is 0.253 e. The van der Waals surface area contributed by atoms with Gasteiger partial charge in [-0.3, -0.25) is 4.79 Å². The summed E-state index contributed by atoms with van der Waals surface area (Å²) >= 11 is 6.06. The average molecular weight is 577 g/mol. The van der Waals surface area contributed by atoms with Crippen LogP contribution in [0.15, 0.2) is 91.0 Å². The summed E-state index contributed by atoms with van der Waals surface area (Å²) in [5.74, 6) is 1.97. The number of halogens is 1. The van der Waals surface area contributed by atoms with Gasteiger partial charge >= 0.3 is 0 Å². The molecule has 202 valence electrons. The highest BCUT2D eigenvalue weighted by molar-refractivity contribution is 6.68. The molecule has 0 radical (unpaired) electrons. The number of hydrogen-bond donors (Lipinski definition) is 2. The van der Waals surface area contributed by atoms with Gasteiger partial charge in [0.25, 0.3) is 5.24 Å². The van der Waals surface area contributed by atoms with Crippen LogP contribution in [0.4, 0.5) is 0 Å². The topological polar surface area (TPSA) is 126 Å². The zero-order valence-electron chi connectivity index (χ0n) is 22.1. The van der Waals surface area contributed by atoms with E-state index in [1.54, 1.807) is 12.1 Å². The molecule has 2 aliphatic rings. The second-order valence-corrected chi connectivity index (χ2v) is 10.6. The zero-order valence-corrected chi connectivity index (χ0v) is 22.9. The third-order valence-electron chi connectivity index (χ3n) is 7.79. The molecule has 2 N–H and O–H groups in total. The largest absolute Gasteiger partial charge is 0.324 e. The molecule has 9 nitrogen and oxygen atoms in total. The molecule has 0 spiro atoms. The van der Waals surface area contributed by atoms with Gasteiger partial charge in [-0.25, -0.2) is 29.9 Å². The van der Waals surface area contributed by atoms with E-state index in [0.29, 0.717) is 62.2 Å². The first-order valence-electron chi connectivity index (χ1n) is 13.6. The fourth-order valence-electron chi connectivity index (χ4n) is 5.85. The second-order valence-electron chi connectivity index (χ2n) is 10.2. The van der Waals surface area contributed by atoms with E-state index in [-0.39, 0.29) is 0 Å². The Labute approximate surface area is 247 Å². The van der Waals surface area contributed by atoms with Crippen molar-refractivity contribution in [3.63, 3.8) is 0 Å². The molecule has 7 aromatic rings. The summed E-state index contributed by atoms with van der Waals surface area (Å²) in [5.41, 5.74) is 5.82. The van der Waals surface area contributed by atoms with Gasteiger partial charge in [-0.05, 0) is 17.7 Å². The molecule has 0 atom stereocenters. The normalized spacial score (nSPS) is 11.9.